The molecule has 0 fully saturated rings. The Labute approximate surface area is 196 Å². The number of carbonyl (C=O) groups excluding carboxylic acids is 1. The van der Waals surface area contributed by atoms with Crippen LogP contribution in [0.2, 0.25) is 0 Å². The Morgan fingerprint density at radius 1 is 0.909 bits per heavy atom. The number of nitrogens with zero attached hydrogens (tertiary/aromatic N) is 2. The monoisotopic (exact) mass is 437 g/mol. The molecule has 0 aliphatic heterocycles. The van der Waals surface area contributed by atoms with Gasteiger partial charge in [-0.05, 0) is 87.1 Å². The molecule has 3 aromatic carbocycles. The van der Waals surface area contributed by atoms with E-state index in [-0.39, 0.29) is 11.9 Å². The summed E-state index contributed by atoms with van der Waals surface area (Å²) in [7, 11) is 0. The highest BCUT2D eigenvalue weighted by atomic mass is 16.2. The Kier molecular flexibility index (Phi) is 6.74. The van der Waals surface area contributed by atoms with Crippen molar-refractivity contribution in [3.63, 3.8) is 0 Å². The van der Waals surface area contributed by atoms with Crippen LogP contribution in [0.4, 0.5) is 0 Å². The third kappa shape index (κ3) is 5.40. The fourth-order valence-electron chi connectivity index (χ4n) is 3.94. The third-order valence-corrected chi connectivity index (χ3v) is 6.08. The molecule has 0 radical (unpaired) electrons. The van der Waals surface area contributed by atoms with Crippen molar-refractivity contribution in [2.45, 2.75) is 46.6 Å². The lowest BCUT2D eigenvalue weighted by Gasteiger charge is -2.15. The summed E-state index contributed by atoms with van der Waals surface area (Å²) >= 11 is 0. The molecule has 168 valence electrons. The molecular formula is C29H31N3O. The van der Waals surface area contributed by atoms with E-state index in [0.29, 0.717) is 5.69 Å². The lowest BCUT2D eigenvalue weighted by atomic mass is 10.0. The van der Waals surface area contributed by atoms with Crippen molar-refractivity contribution in [2.24, 2.45) is 0 Å². The fraction of sp³-hybridized carbons (Fsp3) is 0.241. The Bertz CT molecular complexity index is 1260. The van der Waals surface area contributed by atoms with Crippen molar-refractivity contribution in [3.05, 3.63) is 107 Å². The standard InChI is InChI=1S/C29H31N3O/c1-20-9-8-12-26(17-20)32-28(19-27(31-32)25-16-13-21(2)22(3)18-25)29(33)30-23(4)14-15-24-10-6-5-7-11-24/h5-13,16-19,23H,14-15H2,1-4H3,(H,30,33). The molecule has 33 heavy (non-hydrogen) atoms. The molecule has 1 aromatic heterocycles. The van der Waals surface area contributed by atoms with Crippen LogP contribution in [0.25, 0.3) is 16.9 Å². The summed E-state index contributed by atoms with van der Waals surface area (Å²) in [6, 6.07) is 26.7. The van der Waals surface area contributed by atoms with Crippen LogP contribution in [0.15, 0.2) is 78.9 Å². The summed E-state index contributed by atoms with van der Waals surface area (Å²) in [5.74, 6) is -0.111. The molecule has 0 saturated carbocycles. The minimum atomic E-state index is -0.111. The van der Waals surface area contributed by atoms with Gasteiger partial charge < -0.3 is 5.32 Å². The number of carbonyl (C=O) groups is 1. The first kappa shape index (κ1) is 22.5. The molecule has 4 rings (SSSR count). The van der Waals surface area contributed by atoms with Crippen molar-refractivity contribution in [3.8, 4) is 16.9 Å². The summed E-state index contributed by atoms with van der Waals surface area (Å²) in [5.41, 5.74) is 8.07. The normalized spacial score (nSPS) is 11.9. The molecule has 0 aliphatic rings. The van der Waals surface area contributed by atoms with Gasteiger partial charge in [-0.2, -0.15) is 5.10 Å². The van der Waals surface area contributed by atoms with E-state index in [4.69, 9.17) is 5.10 Å². The molecule has 1 atom stereocenters. The second kappa shape index (κ2) is 9.86. The minimum Gasteiger partial charge on any atom is -0.348 e. The van der Waals surface area contributed by atoms with Gasteiger partial charge in [-0.25, -0.2) is 4.68 Å². The van der Waals surface area contributed by atoms with Crippen molar-refractivity contribution < 1.29 is 4.79 Å². The van der Waals surface area contributed by atoms with Gasteiger partial charge in [-0.3, -0.25) is 4.79 Å². The van der Waals surface area contributed by atoms with Crippen molar-refractivity contribution >= 4 is 5.91 Å². The van der Waals surface area contributed by atoms with Crippen LogP contribution < -0.4 is 5.32 Å². The molecule has 0 spiro atoms. The van der Waals surface area contributed by atoms with Crippen LogP contribution >= 0.6 is 0 Å². The molecule has 1 N–H and O–H groups in total. The lowest BCUT2D eigenvalue weighted by molar-refractivity contribution is 0.0930. The summed E-state index contributed by atoms with van der Waals surface area (Å²) in [4.78, 5) is 13.3. The van der Waals surface area contributed by atoms with Crippen LogP contribution in [0.1, 0.15) is 46.1 Å². The van der Waals surface area contributed by atoms with Crippen LogP contribution in [0.3, 0.4) is 0 Å². The number of aryl methyl sites for hydroxylation is 4. The molecule has 4 nitrogen and oxygen atoms in total. The van der Waals surface area contributed by atoms with E-state index < -0.39 is 0 Å². The van der Waals surface area contributed by atoms with E-state index in [0.717, 1.165) is 35.3 Å². The number of benzene rings is 3. The molecular weight excluding hydrogens is 406 g/mol. The van der Waals surface area contributed by atoms with Gasteiger partial charge in [0.15, 0.2) is 0 Å². The van der Waals surface area contributed by atoms with E-state index in [1.807, 2.05) is 55.5 Å². The van der Waals surface area contributed by atoms with Crippen LogP contribution in [0, 0.1) is 20.8 Å². The smallest absolute Gasteiger partial charge is 0.270 e. The lowest BCUT2D eigenvalue weighted by Crippen LogP contribution is -2.34. The Morgan fingerprint density at radius 2 is 1.70 bits per heavy atom. The molecule has 1 unspecified atom stereocenters. The minimum absolute atomic E-state index is 0.0450. The number of nitrogens with one attached hydrogen (secondary N) is 1. The van der Waals surface area contributed by atoms with Crippen LogP contribution in [-0.4, -0.2) is 21.7 Å². The van der Waals surface area contributed by atoms with Gasteiger partial charge in [0.2, 0.25) is 0 Å². The maximum absolute atomic E-state index is 13.3. The average molecular weight is 438 g/mol. The van der Waals surface area contributed by atoms with Crippen molar-refractivity contribution in [1.29, 1.82) is 0 Å². The van der Waals surface area contributed by atoms with Crippen LogP contribution in [0.5, 0.6) is 0 Å². The highest BCUT2D eigenvalue weighted by Gasteiger charge is 2.19. The maximum atomic E-state index is 13.3. The Hall–Kier alpha value is -3.66. The quantitative estimate of drug-likeness (QED) is 0.373. The topological polar surface area (TPSA) is 46.9 Å². The summed E-state index contributed by atoms with van der Waals surface area (Å²) < 4.78 is 1.76. The SMILES string of the molecule is Cc1cccc(-n2nc(-c3ccc(C)c(C)c3)cc2C(=O)NC(C)CCc2ccccc2)c1. The molecule has 4 heteroatoms. The van der Waals surface area contributed by atoms with Crippen LogP contribution in [-0.2, 0) is 6.42 Å². The number of hydrogen-bond donors (Lipinski definition) is 1. The van der Waals surface area contributed by atoms with E-state index >= 15 is 0 Å². The van der Waals surface area contributed by atoms with Crippen molar-refractivity contribution in [1.82, 2.24) is 15.1 Å². The van der Waals surface area contributed by atoms with Gasteiger partial charge in [-0.15, -0.1) is 0 Å². The maximum Gasteiger partial charge on any atom is 0.270 e. The molecule has 1 heterocycles. The zero-order valence-electron chi connectivity index (χ0n) is 19.8. The average Bonchev–Trinajstić information content (AvgIpc) is 3.26. The van der Waals surface area contributed by atoms with Gasteiger partial charge >= 0.3 is 0 Å². The number of hydrogen-bond acceptors (Lipinski definition) is 2. The Balaban J connectivity index is 1.61. The second-order valence-corrected chi connectivity index (χ2v) is 8.86. The molecule has 0 aliphatic carbocycles. The van der Waals surface area contributed by atoms with E-state index in [9.17, 15) is 4.79 Å². The highest BCUT2D eigenvalue weighted by Crippen LogP contribution is 2.24. The first-order valence-corrected chi connectivity index (χ1v) is 11.5. The molecule has 1 amide bonds. The molecule has 0 bridgehead atoms. The molecule has 0 saturated heterocycles. The summed E-state index contributed by atoms with van der Waals surface area (Å²) in [5, 5.41) is 8.02. The van der Waals surface area contributed by atoms with Gasteiger partial charge in [0.1, 0.15) is 5.69 Å². The summed E-state index contributed by atoms with van der Waals surface area (Å²) in [6.07, 6.45) is 1.80. The second-order valence-electron chi connectivity index (χ2n) is 8.86. The Morgan fingerprint density at radius 3 is 2.42 bits per heavy atom. The first-order valence-electron chi connectivity index (χ1n) is 11.5. The number of aromatic nitrogens is 2. The zero-order valence-corrected chi connectivity index (χ0v) is 19.8. The highest BCUT2D eigenvalue weighted by molar-refractivity contribution is 5.94. The largest absolute Gasteiger partial charge is 0.348 e. The number of rotatable bonds is 7. The van der Waals surface area contributed by atoms with Gasteiger partial charge in [0.25, 0.3) is 5.91 Å². The van der Waals surface area contributed by atoms with E-state index in [1.165, 1.54) is 16.7 Å². The van der Waals surface area contributed by atoms with Crippen molar-refractivity contribution in [2.75, 3.05) is 0 Å². The fourth-order valence-corrected chi connectivity index (χ4v) is 3.94. The predicted octanol–water partition coefficient (Wildman–Crippen LogP) is 6.22. The number of amides is 1. The van der Waals surface area contributed by atoms with Gasteiger partial charge in [-0.1, -0.05) is 54.6 Å². The first-order chi connectivity index (χ1) is 15.9. The van der Waals surface area contributed by atoms with E-state index in [2.05, 4.69) is 56.4 Å². The van der Waals surface area contributed by atoms with E-state index in [1.54, 1.807) is 4.68 Å². The zero-order chi connectivity index (χ0) is 23.4. The third-order valence-electron chi connectivity index (χ3n) is 6.08. The van der Waals surface area contributed by atoms with Gasteiger partial charge in [0.05, 0.1) is 11.4 Å². The van der Waals surface area contributed by atoms with Gasteiger partial charge in [0, 0.05) is 11.6 Å². The molecule has 4 aromatic rings. The predicted molar refractivity (Wildman–Crippen MR) is 135 cm³/mol. The summed E-state index contributed by atoms with van der Waals surface area (Å²) in [6.45, 7) is 8.29.